The number of amides is 1. The van der Waals surface area contributed by atoms with E-state index in [0.29, 0.717) is 5.69 Å². The summed E-state index contributed by atoms with van der Waals surface area (Å²) in [5.41, 5.74) is 0.299. The second-order valence-electron chi connectivity index (χ2n) is 4.04. The van der Waals surface area contributed by atoms with Gasteiger partial charge in [0.15, 0.2) is 0 Å². The van der Waals surface area contributed by atoms with Crippen molar-refractivity contribution in [1.29, 1.82) is 0 Å². The Morgan fingerprint density at radius 1 is 1.39 bits per heavy atom. The number of benzene rings is 1. The maximum atomic E-state index is 11.9. The van der Waals surface area contributed by atoms with Gasteiger partial charge in [0, 0.05) is 0 Å². The molecule has 1 heterocycles. The molecule has 6 nitrogen and oxygen atoms in total. The Hall–Kier alpha value is -1.44. The number of para-hydroxylation sites is 1. The van der Waals surface area contributed by atoms with E-state index in [9.17, 15) is 18.3 Å². The van der Waals surface area contributed by atoms with Crippen molar-refractivity contribution in [2.75, 3.05) is 18.5 Å². The van der Waals surface area contributed by atoms with Crippen LogP contribution >= 0.6 is 0 Å². The van der Waals surface area contributed by atoms with E-state index < -0.39 is 16.1 Å². The number of carbonyl (C=O) groups excluding carboxylic acids is 1. The standard InChI is InChI=1S/C11H14N2O4S/c1-12-18(16,17)10-5-3-2-4-9(10)13-7-8(14)6-11(13)15/h2-5,8,12,14H,6-7H2,1H3. The van der Waals surface area contributed by atoms with Gasteiger partial charge in [0.1, 0.15) is 4.90 Å². The minimum atomic E-state index is -3.63. The molecule has 0 radical (unpaired) electrons. The molecule has 1 fully saturated rings. The third-order valence-electron chi connectivity index (χ3n) is 2.82. The Balaban J connectivity index is 2.50. The predicted molar refractivity (Wildman–Crippen MR) is 65.7 cm³/mol. The number of aliphatic hydroxyl groups is 1. The van der Waals surface area contributed by atoms with Gasteiger partial charge in [0.2, 0.25) is 15.9 Å². The average Bonchev–Trinajstić information content (AvgIpc) is 2.68. The molecule has 18 heavy (non-hydrogen) atoms. The molecule has 1 aromatic carbocycles. The second kappa shape index (κ2) is 4.68. The fourth-order valence-electron chi connectivity index (χ4n) is 1.94. The van der Waals surface area contributed by atoms with Crippen LogP contribution in [0.25, 0.3) is 0 Å². The molecule has 7 heteroatoms. The molecule has 1 amide bonds. The molecule has 1 aromatic rings. The summed E-state index contributed by atoms with van der Waals surface area (Å²) in [6, 6.07) is 6.23. The van der Waals surface area contributed by atoms with Crippen LogP contribution < -0.4 is 9.62 Å². The topological polar surface area (TPSA) is 86.7 Å². The van der Waals surface area contributed by atoms with Crippen molar-refractivity contribution in [3.8, 4) is 0 Å². The molecule has 1 atom stereocenters. The Morgan fingerprint density at radius 3 is 2.61 bits per heavy atom. The number of nitrogens with zero attached hydrogens (tertiary/aromatic N) is 1. The van der Waals surface area contributed by atoms with Crippen LogP contribution in [0.1, 0.15) is 6.42 Å². The first kappa shape index (κ1) is 13.0. The van der Waals surface area contributed by atoms with Crippen LogP contribution in [0.5, 0.6) is 0 Å². The van der Waals surface area contributed by atoms with E-state index in [0.717, 1.165) is 0 Å². The zero-order chi connectivity index (χ0) is 13.3. The van der Waals surface area contributed by atoms with Crippen LogP contribution in [0.2, 0.25) is 0 Å². The van der Waals surface area contributed by atoms with Gasteiger partial charge in [-0.25, -0.2) is 13.1 Å². The highest BCUT2D eigenvalue weighted by Gasteiger charge is 2.32. The minimum absolute atomic E-state index is 0.0218. The number of β-amino-alcohol motifs (C(OH)–C–C–N with tert-alkyl or cyclic N) is 1. The van der Waals surface area contributed by atoms with E-state index in [1.54, 1.807) is 18.2 Å². The zero-order valence-corrected chi connectivity index (χ0v) is 10.6. The number of nitrogens with one attached hydrogen (secondary N) is 1. The number of sulfonamides is 1. The largest absolute Gasteiger partial charge is 0.391 e. The van der Waals surface area contributed by atoms with Crippen LogP contribution in [0.4, 0.5) is 5.69 Å². The number of hydrogen-bond acceptors (Lipinski definition) is 4. The van der Waals surface area contributed by atoms with E-state index in [4.69, 9.17) is 0 Å². The highest BCUT2D eigenvalue weighted by molar-refractivity contribution is 7.89. The van der Waals surface area contributed by atoms with Crippen LogP contribution in [-0.4, -0.2) is 39.1 Å². The Kier molecular flexibility index (Phi) is 3.38. The summed E-state index contributed by atoms with van der Waals surface area (Å²) < 4.78 is 25.9. The summed E-state index contributed by atoms with van der Waals surface area (Å²) in [7, 11) is -2.32. The van der Waals surface area contributed by atoms with Gasteiger partial charge in [0.05, 0.1) is 24.8 Å². The molecule has 98 valence electrons. The third kappa shape index (κ3) is 2.24. The Morgan fingerprint density at radius 2 is 2.06 bits per heavy atom. The van der Waals surface area contributed by atoms with Crippen LogP contribution in [0.3, 0.4) is 0 Å². The molecular formula is C11H14N2O4S. The van der Waals surface area contributed by atoms with Crippen LogP contribution in [0, 0.1) is 0 Å². The number of carbonyl (C=O) groups is 1. The molecule has 1 unspecified atom stereocenters. The first-order chi connectivity index (χ1) is 8.45. The summed E-state index contributed by atoms with van der Waals surface area (Å²) in [6.07, 6.45) is -0.726. The minimum Gasteiger partial charge on any atom is -0.391 e. The summed E-state index contributed by atoms with van der Waals surface area (Å²) in [4.78, 5) is 13.0. The van der Waals surface area contributed by atoms with Crippen molar-refractivity contribution in [3.05, 3.63) is 24.3 Å². The number of rotatable bonds is 3. The van der Waals surface area contributed by atoms with Gasteiger partial charge < -0.3 is 10.0 Å². The highest BCUT2D eigenvalue weighted by atomic mass is 32.2. The molecule has 1 aliphatic rings. The summed E-state index contributed by atoms with van der Waals surface area (Å²) in [5.74, 6) is -0.277. The quantitative estimate of drug-likeness (QED) is 0.789. The van der Waals surface area contributed by atoms with Crippen LogP contribution in [0.15, 0.2) is 29.2 Å². The number of aliphatic hydroxyl groups excluding tert-OH is 1. The van der Waals surface area contributed by atoms with Crippen molar-refractivity contribution in [2.24, 2.45) is 0 Å². The highest BCUT2D eigenvalue weighted by Crippen LogP contribution is 2.28. The Labute approximate surface area is 105 Å². The molecule has 2 rings (SSSR count). The van der Waals surface area contributed by atoms with Gasteiger partial charge in [-0.2, -0.15) is 0 Å². The van der Waals surface area contributed by atoms with Crippen molar-refractivity contribution < 1.29 is 18.3 Å². The molecule has 0 saturated carbocycles. The lowest BCUT2D eigenvalue weighted by Gasteiger charge is -2.19. The smallest absolute Gasteiger partial charge is 0.242 e. The molecular weight excluding hydrogens is 256 g/mol. The van der Waals surface area contributed by atoms with E-state index in [2.05, 4.69) is 4.72 Å². The van der Waals surface area contributed by atoms with Crippen molar-refractivity contribution in [3.63, 3.8) is 0 Å². The second-order valence-corrected chi connectivity index (χ2v) is 5.89. The van der Waals surface area contributed by atoms with Gasteiger partial charge in [-0.05, 0) is 19.2 Å². The molecule has 1 aliphatic heterocycles. The number of anilines is 1. The van der Waals surface area contributed by atoms with Gasteiger partial charge in [-0.3, -0.25) is 4.79 Å². The van der Waals surface area contributed by atoms with Crippen molar-refractivity contribution in [2.45, 2.75) is 17.4 Å². The van der Waals surface area contributed by atoms with Crippen molar-refractivity contribution >= 4 is 21.6 Å². The van der Waals surface area contributed by atoms with Gasteiger partial charge in [-0.15, -0.1) is 0 Å². The third-order valence-corrected chi connectivity index (χ3v) is 4.28. The number of hydrogen-bond donors (Lipinski definition) is 2. The maximum absolute atomic E-state index is 11.9. The fraction of sp³-hybridized carbons (Fsp3) is 0.364. The predicted octanol–water partition coefficient (Wildman–Crippen LogP) is -0.308. The van der Waals surface area contributed by atoms with E-state index >= 15 is 0 Å². The average molecular weight is 270 g/mol. The van der Waals surface area contributed by atoms with Gasteiger partial charge >= 0.3 is 0 Å². The van der Waals surface area contributed by atoms with E-state index in [1.807, 2.05) is 0 Å². The summed E-state index contributed by atoms with van der Waals surface area (Å²) in [5, 5.41) is 9.45. The summed E-state index contributed by atoms with van der Waals surface area (Å²) >= 11 is 0. The van der Waals surface area contributed by atoms with Gasteiger partial charge in [-0.1, -0.05) is 12.1 Å². The lowest BCUT2D eigenvalue weighted by Crippen LogP contribution is -2.29. The fourth-order valence-corrected chi connectivity index (χ4v) is 2.87. The maximum Gasteiger partial charge on any atom is 0.242 e. The molecule has 2 N–H and O–H groups in total. The van der Waals surface area contributed by atoms with E-state index in [-0.39, 0.29) is 23.8 Å². The molecule has 0 spiro atoms. The molecule has 0 aliphatic carbocycles. The molecule has 0 bridgehead atoms. The first-order valence-corrected chi connectivity index (χ1v) is 6.95. The molecule has 1 saturated heterocycles. The Bertz CT molecular complexity index is 570. The SMILES string of the molecule is CNS(=O)(=O)c1ccccc1N1CC(O)CC1=O. The molecule has 0 aromatic heterocycles. The lowest BCUT2D eigenvalue weighted by atomic mass is 10.3. The van der Waals surface area contributed by atoms with Crippen LogP contribution in [-0.2, 0) is 14.8 Å². The van der Waals surface area contributed by atoms with Crippen molar-refractivity contribution in [1.82, 2.24) is 4.72 Å². The lowest BCUT2D eigenvalue weighted by molar-refractivity contribution is -0.117. The monoisotopic (exact) mass is 270 g/mol. The summed E-state index contributed by atoms with van der Waals surface area (Å²) in [6.45, 7) is 0.120. The zero-order valence-electron chi connectivity index (χ0n) is 9.83. The van der Waals surface area contributed by atoms with E-state index in [1.165, 1.54) is 18.0 Å². The normalized spacial score (nSPS) is 20.4. The van der Waals surface area contributed by atoms with Gasteiger partial charge in [0.25, 0.3) is 0 Å². The first-order valence-electron chi connectivity index (χ1n) is 5.46.